The first-order valence-corrected chi connectivity index (χ1v) is 5.27. The molecule has 0 unspecified atom stereocenters. The van der Waals surface area contributed by atoms with Crippen LogP contribution in [0.4, 0.5) is 5.88 Å². The predicted octanol–water partition coefficient (Wildman–Crippen LogP) is 3.20. The molecule has 0 radical (unpaired) electrons. The summed E-state index contributed by atoms with van der Waals surface area (Å²) >= 11 is 0. The highest BCUT2D eigenvalue weighted by atomic mass is 16.6. The van der Waals surface area contributed by atoms with Crippen molar-refractivity contribution in [2.24, 2.45) is 0 Å². The number of hydrogen-bond acceptors (Lipinski definition) is 4. The fraction of sp³-hybridized carbons (Fsp3) is 0. The van der Waals surface area contributed by atoms with E-state index in [9.17, 15) is 14.9 Å². The molecular weight excluding hydrogens is 250 g/mol. The fourth-order valence-electron chi connectivity index (χ4n) is 1.65. The molecule has 0 atom stereocenters. The molecule has 0 saturated heterocycles. The predicted molar refractivity (Wildman–Crippen MR) is 67.8 cm³/mol. The van der Waals surface area contributed by atoms with E-state index in [4.69, 9.17) is 9.52 Å². The minimum absolute atomic E-state index is 0.00912. The van der Waals surface area contributed by atoms with Crippen LogP contribution >= 0.6 is 0 Å². The number of rotatable bonds is 4. The molecule has 2 rings (SSSR count). The van der Waals surface area contributed by atoms with Crippen LogP contribution in [0.1, 0.15) is 15.9 Å². The van der Waals surface area contributed by atoms with Crippen LogP contribution in [-0.2, 0) is 0 Å². The molecular formula is C13H9NO5. The van der Waals surface area contributed by atoms with Crippen LogP contribution in [0.3, 0.4) is 0 Å². The number of furan rings is 1. The molecule has 0 aliphatic heterocycles. The summed E-state index contributed by atoms with van der Waals surface area (Å²) in [5.41, 5.74) is 0.979. The lowest BCUT2D eigenvalue weighted by Gasteiger charge is -2.04. The van der Waals surface area contributed by atoms with Gasteiger partial charge in [0, 0.05) is 5.56 Å². The lowest BCUT2D eigenvalue weighted by molar-refractivity contribution is -0.401. The smallest absolute Gasteiger partial charge is 0.433 e. The quantitative estimate of drug-likeness (QED) is 0.672. The average Bonchev–Trinajstić information content (AvgIpc) is 2.87. The Bertz CT molecular complexity index is 671. The molecule has 0 aliphatic rings. The van der Waals surface area contributed by atoms with E-state index in [0.717, 1.165) is 0 Å². The zero-order valence-electron chi connectivity index (χ0n) is 9.70. The maximum absolute atomic E-state index is 11.1. The minimum atomic E-state index is -1.13. The summed E-state index contributed by atoms with van der Waals surface area (Å²) in [4.78, 5) is 21.0. The molecule has 0 aliphatic carbocycles. The van der Waals surface area contributed by atoms with Crippen LogP contribution in [0.2, 0.25) is 0 Å². The molecule has 0 saturated carbocycles. The van der Waals surface area contributed by atoms with Gasteiger partial charge in [0.1, 0.15) is 10.7 Å². The van der Waals surface area contributed by atoms with Crippen LogP contribution in [0.15, 0.2) is 41.3 Å². The second kappa shape index (κ2) is 4.77. The maximum atomic E-state index is 11.1. The molecule has 1 heterocycles. The van der Waals surface area contributed by atoms with E-state index in [1.165, 1.54) is 18.2 Å². The van der Waals surface area contributed by atoms with E-state index in [0.29, 0.717) is 5.56 Å². The van der Waals surface area contributed by atoms with Gasteiger partial charge in [-0.25, -0.2) is 4.79 Å². The van der Waals surface area contributed by atoms with Crippen LogP contribution in [0, 0.1) is 10.1 Å². The van der Waals surface area contributed by atoms with Gasteiger partial charge >= 0.3 is 11.9 Å². The Morgan fingerprint density at radius 3 is 2.63 bits per heavy atom. The lowest BCUT2D eigenvalue weighted by atomic mass is 10.0. The largest absolute Gasteiger partial charge is 0.478 e. The van der Waals surface area contributed by atoms with Crippen LogP contribution < -0.4 is 0 Å². The minimum Gasteiger partial charge on any atom is -0.478 e. The van der Waals surface area contributed by atoms with Gasteiger partial charge in [-0.2, -0.15) is 0 Å². The zero-order valence-corrected chi connectivity index (χ0v) is 9.70. The van der Waals surface area contributed by atoms with Crippen molar-refractivity contribution in [2.45, 2.75) is 0 Å². The first-order chi connectivity index (χ1) is 9.02. The number of carbonyl (C=O) groups is 1. The van der Waals surface area contributed by atoms with Gasteiger partial charge in [0.25, 0.3) is 0 Å². The van der Waals surface area contributed by atoms with Crippen molar-refractivity contribution >= 4 is 17.9 Å². The van der Waals surface area contributed by atoms with Gasteiger partial charge in [0.2, 0.25) is 0 Å². The van der Waals surface area contributed by atoms with Crippen LogP contribution in [0.5, 0.6) is 0 Å². The highest BCUT2D eigenvalue weighted by Crippen LogP contribution is 2.30. The van der Waals surface area contributed by atoms with E-state index < -0.39 is 16.8 Å². The molecule has 1 aromatic heterocycles. The Kier molecular flexibility index (Phi) is 3.15. The van der Waals surface area contributed by atoms with Crippen molar-refractivity contribution in [1.82, 2.24) is 0 Å². The number of nitro groups is 1. The molecule has 6 nitrogen and oxygen atoms in total. The third-order valence-corrected chi connectivity index (χ3v) is 2.55. The Balaban J connectivity index is 2.60. The summed E-state index contributed by atoms with van der Waals surface area (Å²) in [6.45, 7) is 3.59. The van der Waals surface area contributed by atoms with Crippen LogP contribution in [-0.4, -0.2) is 16.0 Å². The van der Waals surface area contributed by atoms with Gasteiger partial charge in [0.15, 0.2) is 0 Å². The molecule has 0 bridgehead atoms. The molecule has 19 heavy (non-hydrogen) atoms. The van der Waals surface area contributed by atoms with Crippen molar-refractivity contribution in [3.05, 3.63) is 58.2 Å². The third-order valence-electron chi connectivity index (χ3n) is 2.55. The SMILES string of the molecule is C=Cc1ccc(C(=O)O)c(-c2ccc([N+](=O)[O-])o2)c1. The second-order valence-corrected chi connectivity index (χ2v) is 3.71. The summed E-state index contributed by atoms with van der Waals surface area (Å²) in [6.07, 6.45) is 1.55. The fourth-order valence-corrected chi connectivity index (χ4v) is 1.65. The maximum Gasteiger partial charge on any atom is 0.433 e. The topological polar surface area (TPSA) is 93.6 Å². The van der Waals surface area contributed by atoms with Gasteiger partial charge in [-0.1, -0.05) is 18.7 Å². The average molecular weight is 259 g/mol. The number of carboxylic acid groups (broad SMARTS) is 1. The molecule has 1 N–H and O–H groups in total. The molecule has 2 aromatic rings. The Morgan fingerprint density at radius 1 is 1.37 bits per heavy atom. The van der Waals surface area contributed by atoms with E-state index >= 15 is 0 Å². The number of benzene rings is 1. The van der Waals surface area contributed by atoms with Gasteiger partial charge in [-0.3, -0.25) is 10.1 Å². The number of nitrogens with zero attached hydrogens (tertiary/aromatic N) is 1. The van der Waals surface area contributed by atoms with Gasteiger partial charge < -0.3 is 9.52 Å². The highest BCUT2D eigenvalue weighted by molar-refractivity contribution is 5.95. The summed E-state index contributed by atoms with van der Waals surface area (Å²) < 4.78 is 5.02. The number of aromatic carboxylic acids is 1. The van der Waals surface area contributed by atoms with Crippen molar-refractivity contribution in [1.29, 1.82) is 0 Å². The van der Waals surface area contributed by atoms with Crippen molar-refractivity contribution in [3.63, 3.8) is 0 Å². The lowest BCUT2D eigenvalue weighted by Crippen LogP contribution is -1.99. The molecule has 1 aromatic carbocycles. The Morgan fingerprint density at radius 2 is 2.11 bits per heavy atom. The van der Waals surface area contributed by atoms with Gasteiger partial charge in [-0.05, 0) is 23.8 Å². The van der Waals surface area contributed by atoms with E-state index in [-0.39, 0.29) is 16.9 Å². The Hall–Kier alpha value is -2.89. The summed E-state index contributed by atoms with van der Waals surface area (Å²) in [7, 11) is 0. The summed E-state index contributed by atoms with van der Waals surface area (Å²) in [5, 5.41) is 19.7. The molecule has 0 spiro atoms. The normalized spacial score (nSPS) is 10.1. The number of hydrogen-bond donors (Lipinski definition) is 1. The first kappa shape index (κ1) is 12.6. The monoisotopic (exact) mass is 259 g/mol. The molecule has 96 valence electrons. The van der Waals surface area contributed by atoms with Crippen molar-refractivity contribution in [2.75, 3.05) is 0 Å². The highest BCUT2D eigenvalue weighted by Gasteiger charge is 2.18. The Labute approximate surface area is 107 Å². The van der Waals surface area contributed by atoms with Crippen molar-refractivity contribution in [3.8, 4) is 11.3 Å². The van der Waals surface area contributed by atoms with E-state index in [1.807, 2.05) is 0 Å². The van der Waals surface area contributed by atoms with Gasteiger partial charge in [0.05, 0.1) is 11.6 Å². The standard InChI is InChI=1S/C13H9NO5/c1-2-8-3-4-9(13(15)16)10(7-8)11-5-6-12(19-11)14(17)18/h2-7H,1H2,(H,15,16). The molecule has 6 heteroatoms. The molecule has 0 fully saturated rings. The zero-order chi connectivity index (χ0) is 14.0. The summed E-state index contributed by atoms with van der Waals surface area (Å²) in [5.74, 6) is -1.44. The number of carboxylic acids is 1. The first-order valence-electron chi connectivity index (χ1n) is 5.27. The van der Waals surface area contributed by atoms with Crippen LogP contribution in [0.25, 0.3) is 17.4 Å². The van der Waals surface area contributed by atoms with Gasteiger partial charge in [-0.15, -0.1) is 0 Å². The summed E-state index contributed by atoms with van der Waals surface area (Å²) in [6, 6.07) is 7.10. The van der Waals surface area contributed by atoms with E-state index in [1.54, 1.807) is 18.2 Å². The van der Waals surface area contributed by atoms with E-state index in [2.05, 4.69) is 6.58 Å². The second-order valence-electron chi connectivity index (χ2n) is 3.71. The van der Waals surface area contributed by atoms with Crippen molar-refractivity contribution < 1.29 is 19.2 Å². The third kappa shape index (κ3) is 2.37. The molecule has 0 amide bonds.